The van der Waals surface area contributed by atoms with Crippen molar-refractivity contribution in [2.45, 2.75) is 37.0 Å². The van der Waals surface area contributed by atoms with Gasteiger partial charge in [0.2, 0.25) is 5.56 Å². The van der Waals surface area contributed by atoms with Crippen LogP contribution in [0.2, 0.25) is 0 Å². The summed E-state index contributed by atoms with van der Waals surface area (Å²) >= 11 is 0. The number of aromatic nitrogens is 1. The van der Waals surface area contributed by atoms with Crippen molar-refractivity contribution < 1.29 is 36.2 Å². The summed E-state index contributed by atoms with van der Waals surface area (Å²) in [5, 5.41) is 9.36. The molecular weight excluding hydrogens is 394 g/mol. The Hall–Kier alpha value is -2.27. The van der Waals surface area contributed by atoms with Crippen LogP contribution in [-0.4, -0.2) is 48.2 Å². The minimum absolute atomic E-state index is 0.0372. The van der Waals surface area contributed by atoms with E-state index in [1.165, 1.54) is 24.1 Å². The fraction of sp³-hybridized carbons (Fsp3) is 0.471. The molecule has 0 bridgehead atoms. The molecule has 0 spiro atoms. The van der Waals surface area contributed by atoms with Gasteiger partial charge in [0, 0.05) is 36.3 Å². The lowest BCUT2D eigenvalue weighted by molar-refractivity contribution is -0.209. The predicted molar refractivity (Wildman–Crippen MR) is 88.2 cm³/mol. The van der Waals surface area contributed by atoms with E-state index in [0.29, 0.717) is 6.07 Å². The number of anilines is 1. The number of nitrogens with zero attached hydrogens (tertiary/aromatic N) is 1. The number of rotatable bonds is 3. The lowest BCUT2D eigenvalue weighted by Crippen LogP contribution is -2.47. The van der Waals surface area contributed by atoms with Crippen LogP contribution in [-0.2, 0) is 10.9 Å². The fourth-order valence-electron chi connectivity index (χ4n) is 3.47. The van der Waals surface area contributed by atoms with Crippen molar-refractivity contribution in [2.24, 2.45) is 0 Å². The molecule has 1 fully saturated rings. The maximum atomic E-state index is 13.3. The van der Waals surface area contributed by atoms with Crippen molar-refractivity contribution in [2.75, 3.05) is 18.6 Å². The Balaban J connectivity index is 2.11. The number of pyridine rings is 1. The molecule has 1 aromatic heterocycles. The number of aromatic amines is 1. The van der Waals surface area contributed by atoms with Gasteiger partial charge in [-0.3, -0.25) is 4.79 Å². The van der Waals surface area contributed by atoms with E-state index in [-0.39, 0.29) is 29.6 Å². The monoisotopic (exact) mass is 410 g/mol. The van der Waals surface area contributed by atoms with Crippen LogP contribution in [0.4, 0.5) is 32.0 Å². The van der Waals surface area contributed by atoms with Crippen LogP contribution < -0.4 is 10.5 Å². The van der Waals surface area contributed by atoms with Gasteiger partial charge in [-0.2, -0.15) is 26.3 Å². The molecule has 11 heteroatoms. The Labute approximate surface area is 154 Å². The van der Waals surface area contributed by atoms with Crippen LogP contribution in [0.1, 0.15) is 12.0 Å². The third-order valence-electron chi connectivity index (χ3n) is 4.80. The number of aliphatic hydroxyl groups excluding tert-OH is 1. The summed E-state index contributed by atoms with van der Waals surface area (Å²) in [5.41, 5.74) is -2.18. The summed E-state index contributed by atoms with van der Waals surface area (Å²) in [6.45, 7) is -0.0372. The van der Waals surface area contributed by atoms with Gasteiger partial charge < -0.3 is 19.7 Å². The maximum Gasteiger partial charge on any atom is 0.417 e. The Morgan fingerprint density at radius 2 is 1.89 bits per heavy atom. The molecule has 5 nitrogen and oxygen atoms in total. The molecule has 0 radical (unpaired) electrons. The highest BCUT2D eigenvalue weighted by Gasteiger charge is 2.49. The molecule has 0 saturated carbocycles. The molecule has 3 atom stereocenters. The lowest BCUT2D eigenvalue weighted by atomic mass is 10.0. The second-order valence-corrected chi connectivity index (χ2v) is 6.57. The summed E-state index contributed by atoms with van der Waals surface area (Å²) in [6, 6.07) is 2.53. The van der Waals surface area contributed by atoms with Crippen molar-refractivity contribution in [3.05, 3.63) is 40.2 Å². The zero-order chi connectivity index (χ0) is 20.9. The highest BCUT2D eigenvalue weighted by molar-refractivity contribution is 5.86. The standard InChI is InChI=1S/C17H16F6N2O3/c1-28-9-5-13(15(27)17(21,22)23)25(7-9)8-2-3-12-10(4-8)11(16(18,19)20)6-14(26)24-12/h2-4,6,9,13,15,27H,5,7H2,1H3,(H,24,26)/t9-,13?,15+/m0/s1. The van der Waals surface area contributed by atoms with Crippen LogP contribution in [0.3, 0.4) is 0 Å². The lowest BCUT2D eigenvalue weighted by Gasteiger charge is -2.31. The Morgan fingerprint density at radius 3 is 2.46 bits per heavy atom. The van der Waals surface area contributed by atoms with Crippen molar-refractivity contribution in [1.82, 2.24) is 4.98 Å². The van der Waals surface area contributed by atoms with E-state index in [4.69, 9.17) is 4.74 Å². The minimum atomic E-state index is -4.90. The second kappa shape index (κ2) is 6.96. The molecule has 0 aliphatic carbocycles. The van der Waals surface area contributed by atoms with E-state index in [1.54, 1.807) is 0 Å². The Morgan fingerprint density at radius 1 is 1.21 bits per heavy atom. The van der Waals surface area contributed by atoms with Crippen molar-refractivity contribution >= 4 is 16.6 Å². The maximum absolute atomic E-state index is 13.3. The van der Waals surface area contributed by atoms with Gasteiger partial charge in [0.25, 0.3) is 0 Å². The van der Waals surface area contributed by atoms with E-state index < -0.39 is 41.7 Å². The number of fused-ring (bicyclic) bond motifs is 1. The summed E-state index contributed by atoms with van der Waals surface area (Å²) in [4.78, 5) is 14.9. The molecule has 1 aliphatic rings. The Kier molecular flexibility index (Phi) is 5.09. The first-order valence-corrected chi connectivity index (χ1v) is 8.20. The number of aliphatic hydroxyl groups is 1. The van der Waals surface area contributed by atoms with Gasteiger partial charge in [-0.15, -0.1) is 0 Å². The van der Waals surface area contributed by atoms with E-state index in [0.717, 1.165) is 6.07 Å². The molecule has 1 aliphatic heterocycles. The quantitative estimate of drug-likeness (QED) is 0.764. The van der Waals surface area contributed by atoms with Crippen LogP contribution in [0, 0.1) is 0 Å². The van der Waals surface area contributed by atoms with Gasteiger partial charge in [-0.05, 0) is 24.6 Å². The van der Waals surface area contributed by atoms with Gasteiger partial charge in [0.05, 0.1) is 17.7 Å². The molecule has 2 heterocycles. The van der Waals surface area contributed by atoms with Gasteiger partial charge in [-0.25, -0.2) is 0 Å². The SMILES string of the molecule is CO[C@H]1CC([C@@H](O)C(F)(F)F)N(c2ccc3[nH]c(=O)cc(C(F)(F)F)c3c2)C1. The topological polar surface area (TPSA) is 65.6 Å². The summed E-state index contributed by atoms with van der Waals surface area (Å²) in [5.74, 6) is 0. The molecule has 1 unspecified atom stereocenters. The number of alkyl halides is 6. The largest absolute Gasteiger partial charge is 0.417 e. The third kappa shape index (κ3) is 3.81. The first-order valence-electron chi connectivity index (χ1n) is 8.20. The smallest absolute Gasteiger partial charge is 0.382 e. The Bertz CT molecular complexity index is 924. The van der Waals surface area contributed by atoms with Crippen molar-refractivity contribution in [3.63, 3.8) is 0 Å². The van der Waals surface area contributed by atoms with Crippen LogP contribution >= 0.6 is 0 Å². The highest BCUT2D eigenvalue weighted by Crippen LogP contribution is 2.38. The molecule has 2 N–H and O–H groups in total. The molecule has 0 amide bonds. The normalized spacial score (nSPS) is 22.1. The molecule has 2 aromatic rings. The molecule has 1 aromatic carbocycles. The number of ether oxygens (including phenoxy) is 1. The fourth-order valence-corrected chi connectivity index (χ4v) is 3.47. The zero-order valence-corrected chi connectivity index (χ0v) is 14.4. The minimum Gasteiger partial charge on any atom is -0.382 e. The zero-order valence-electron chi connectivity index (χ0n) is 14.4. The third-order valence-corrected chi connectivity index (χ3v) is 4.80. The molecule has 1 saturated heterocycles. The van der Waals surface area contributed by atoms with E-state index in [9.17, 15) is 36.2 Å². The number of halogens is 6. The predicted octanol–water partition coefficient (Wildman–Crippen LogP) is 3.06. The number of methoxy groups -OCH3 is 1. The van der Waals surface area contributed by atoms with Gasteiger partial charge in [-0.1, -0.05) is 0 Å². The second-order valence-electron chi connectivity index (χ2n) is 6.57. The van der Waals surface area contributed by atoms with Gasteiger partial charge >= 0.3 is 12.4 Å². The van der Waals surface area contributed by atoms with Crippen LogP contribution in [0.5, 0.6) is 0 Å². The van der Waals surface area contributed by atoms with Crippen molar-refractivity contribution in [1.29, 1.82) is 0 Å². The molecule has 28 heavy (non-hydrogen) atoms. The first-order chi connectivity index (χ1) is 12.9. The van der Waals surface area contributed by atoms with Crippen LogP contribution in [0.25, 0.3) is 10.9 Å². The number of hydrogen-bond donors (Lipinski definition) is 2. The average molecular weight is 410 g/mol. The van der Waals surface area contributed by atoms with E-state index >= 15 is 0 Å². The number of H-pyrrole nitrogens is 1. The number of nitrogens with one attached hydrogen (secondary N) is 1. The molecular formula is C17H16F6N2O3. The first kappa shape index (κ1) is 20.5. The average Bonchev–Trinajstić information content (AvgIpc) is 3.02. The van der Waals surface area contributed by atoms with E-state index in [1.807, 2.05) is 0 Å². The van der Waals surface area contributed by atoms with Gasteiger partial charge in [0.15, 0.2) is 6.10 Å². The van der Waals surface area contributed by atoms with E-state index in [2.05, 4.69) is 4.98 Å². The number of benzene rings is 1. The van der Waals surface area contributed by atoms with Crippen LogP contribution in [0.15, 0.2) is 29.1 Å². The summed E-state index contributed by atoms with van der Waals surface area (Å²) in [7, 11) is 1.30. The van der Waals surface area contributed by atoms with Crippen molar-refractivity contribution in [3.8, 4) is 0 Å². The van der Waals surface area contributed by atoms with Gasteiger partial charge in [0.1, 0.15) is 0 Å². The summed E-state index contributed by atoms with van der Waals surface area (Å²) in [6.07, 6.45) is -13.2. The molecule has 154 valence electrons. The summed E-state index contributed by atoms with van der Waals surface area (Å²) < 4.78 is 84.1. The highest BCUT2D eigenvalue weighted by atomic mass is 19.4. The number of hydrogen-bond acceptors (Lipinski definition) is 4. The molecule has 3 rings (SSSR count).